The van der Waals surface area contributed by atoms with Gasteiger partial charge in [-0.1, -0.05) is 24.3 Å². The SMILES string of the molecule is Cc1c(-c2ccccn2)cccc1C12CCCC(C1)N2C(N)=O. The fourth-order valence-corrected chi connectivity index (χ4v) is 4.60. The number of primary amides is 1. The molecule has 3 heterocycles. The molecule has 1 saturated carbocycles. The third kappa shape index (κ3) is 1.97. The van der Waals surface area contributed by atoms with Crippen LogP contribution in [-0.4, -0.2) is 22.0 Å². The molecule has 2 atom stereocenters. The van der Waals surface area contributed by atoms with E-state index in [1.165, 1.54) is 11.1 Å². The Morgan fingerprint density at radius 3 is 2.87 bits per heavy atom. The fourth-order valence-electron chi connectivity index (χ4n) is 4.60. The van der Waals surface area contributed by atoms with E-state index in [9.17, 15) is 4.79 Å². The molecule has 2 unspecified atom stereocenters. The molecule has 1 aliphatic carbocycles. The molecule has 2 N–H and O–H groups in total. The van der Waals surface area contributed by atoms with Crippen LogP contribution in [0.5, 0.6) is 0 Å². The van der Waals surface area contributed by atoms with Gasteiger partial charge in [-0.15, -0.1) is 0 Å². The number of nitrogens with two attached hydrogens (primary N) is 1. The van der Waals surface area contributed by atoms with Gasteiger partial charge in [-0.25, -0.2) is 4.79 Å². The number of hydrogen-bond acceptors (Lipinski definition) is 2. The quantitative estimate of drug-likeness (QED) is 0.921. The molecular weight excluding hydrogens is 286 g/mol. The highest BCUT2D eigenvalue weighted by Crippen LogP contribution is 2.55. The summed E-state index contributed by atoms with van der Waals surface area (Å²) < 4.78 is 0. The third-order valence-electron chi connectivity index (χ3n) is 5.54. The van der Waals surface area contributed by atoms with Crippen LogP contribution in [0.25, 0.3) is 11.3 Å². The summed E-state index contributed by atoms with van der Waals surface area (Å²) in [7, 11) is 0. The maximum atomic E-state index is 12.0. The van der Waals surface area contributed by atoms with E-state index in [1.807, 2.05) is 29.3 Å². The lowest BCUT2D eigenvalue weighted by atomic mass is 9.63. The molecule has 2 amide bonds. The molecule has 1 aromatic heterocycles. The number of fused-ring (bicyclic) bond motifs is 2. The summed E-state index contributed by atoms with van der Waals surface area (Å²) in [6, 6.07) is 12.3. The number of carbonyl (C=O) groups excluding carboxylic acids is 1. The van der Waals surface area contributed by atoms with Gasteiger partial charge in [0.05, 0.1) is 11.2 Å². The first-order valence-corrected chi connectivity index (χ1v) is 8.24. The van der Waals surface area contributed by atoms with E-state index in [1.54, 1.807) is 0 Å². The Labute approximate surface area is 136 Å². The second-order valence-corrected chi connectivity index (χ2v) is 6.68. The first kappa shape index (κ1) is 14.2. The highest BCUT2D eigenvalue weighted by atomic mass is 16.2. The number of pyridine rings is 1. The Balaban J connectivity index is 1.83. The first-order chi connectivity index (χ1) is 11.1. The molecule has 0 spiro atoms. The average Bonchev–Trinajstić information content (AvgIpc) is 2.55. The Morgan fingerprint density at radius 2 is 2.17 bits per heavy atom. The van der Waals surface area contributed by atoms with Crippen LogP contribution < -0.4 is 5.73 Å². The van der Waals surface area contributed by atoms with E-state index in [0.717, 1.165) is 36.9 Å². The van der Waals surface area contributed by atoms with Gasteiger partial charge in [0, 0.05) is 17.8 Å². The van der Waals surface area contributed by atoms with E-state index in [-0.39, 0.29) is 11.6 Å². The molecule has 1 aromatic carbocycles. The zero-order chi connectivity index (χ0) is 16.0. The van der Waals surface area contributed by atoms with E-state index in [2.05, 4.69) is 30.1 Å². The number of nitrogens with zero attached hydrogens (tertiary/aromatic N) is 2. The van der Waals surface area contributed by atoms with Crippen molar-refractivity contribution in [2.75, 3.05) is 0 Å². The molecule has 5 rings (SSSR count). The molecule has 2 saturated heterocycles. The Hall–Kier alpha value is -2.36. The second kappa shape index (κ2) is 5.08. The van der Waals surface area contributed by atoms with Crippen molar-refractivity contribution >= 4 is 6.03 Å². The van der Waals surface area contributed by atoms with Crippen molar-refractivity contribution in [2.24, 2.45) is 5.73 Å². The van der Waals surface area contributed by atoms with Gasteiger partial charge in [0.2, 0.25) is 0 Å². The Bertz CT molecular complexity index is 754. The summed E-state index contributed by atoms with van der Waals surface area (Å²) in [5, 5.41) is 0. The summed E-state index contributed by atoms with van der Waals surface area (Å²) in [6.45, 7) is 2.13. The van der Waals surface area contributed by atoms with Crippen molar-refractivity contribution in [1.29, 1.82) is 0 Å². The van der Waals surface area contributed by atoms with E-state index >= 15 is 0 Å². The van der Waals surface area contributed by atoms with Gasteiger partial charge in [0.1, 0.15) is 0 Å². The van der Waals surface area contributed by atoms with Gasteiger partial charge in [-0.3, -0.25) is 4.98 Å². The summed E-state index contributed by atoms with van der Waals surface area (Å²) in [5.41, 5.74) is 10.0. The van der Waals surface area contributed by atoms with Gasteiger partial charge in [0.25, 0.3) is 0 Å². The van der Waals surface area contributed by atoms with Crippen molar-refractivity contribution in [2.45, 2.75) is 44.2 Å². The summed E-state index contributed by atoms with van der Waals surface area (Å²) >= 11 is 0. The first-order valence-electron chi connectivity index (χ1n) is 8.24. The molecule has 23 heavy (non-hydrogen) atoms. The van der Waals surface area contributed by atoms with Gasteiger partial charge in [0.15, 0.2) is 0 Å². The van der Waals surface area contributed by atoms with Crippen molar-refractivity contribution < 1.29 is 4.79 Å². The van der Waals surface area contributed by atoms with Gasteiger partial charge < -0.3 is 10.6 Å². The molecule has 0 radical (unpaired) electrons. The van der Waals surface area contributed by atoms with Gasteiger partial charge in [-0.2, -0.15) is 0 Å². The number of aromatic nitrogens is 1. The monoisotopic (exact) mass is 307 g/mol. The lowest BCUT2D eigenvalue weighted by Crippen LogP contribution is -2.69. The Kier molecular flexibility index (Phi) is 3.15. The van der Waals surface area contributed by atoms with Crippen molar-refractivity contribution in [3.8, 4) is 11.3 Å². The van der Waals surface area contributed by atoms with Crippen LogP contribution >= 0.6 is 0 Å². The number of piperidine rings is 1. The van der Waals surface area contributed by atoms with Crippen LogP contribution in [-0.2, 0) is 5.54 Å². The minimum atomic E-state index is -0.288. The molecular formula is C19H21N3O. The lowest BCUT2D eigenvalue weighted by molar-refractivity contribution is -0.0769. The van der Waals surface area contributed by atoms with Crippen molar-refractivity contribution in [1.82, 2.24) is 9.88 Å². The molecule has 118 valence electrons. The molecule has 2 bridgehead atoms. The number of benzene rings is 1. The minimum Gasteiger partial charge on any atom is -0.351 e. The number of hydrogen-bond donors (Lipinski definition) is 1. The molecule has 4 nitrogen and oxygen atoms in total. The lowest BCUT2D eigenvalue weighted by Gasteiger charge is -2.62. The molecule has 3 aliphatic rings. The van der Waals surface area contributed by atoms with Crippen molar-refractivity contribution in [3.05, 3.63) is 53.7 Å². The number of urea groups is 1. The van der Waals surface area contributed by atoms with Crippen molar-refractivity contribution in [3.63, 3.8) is 0 Å². The smallest absolute Gasteiger partial charge is 0.315 e. The summed E-state index contributed by atoms with van der Waals surface area (Å²) in [4.78, 5) is 18.4. The van der Waals surface area contributed by atoms with Crippen LogP contribution in [0.4, 0.5) is 4.79 Å². The summed E-state index contributed by atoms with van der Waals surface area (Å²) in [6.07, 6.45) is 6.07. The van der Waals surface area contributed by atoms with Gasteiger partial charge >= 0.3 is 6.03 Å². The average molecular weight is 307 g/mol. The number of rotatable bonds is 2. The van der Waals surface area contributed by atoms with Crippen LogP contribution in [0.1, 0.15) is 36.8 Å². The second-order valence-electron chi connectivity index (χ2n) is 6.68. The molecule has 2 aliphatic heterocycles. The molecule has 2 aromatic rings. The van der Waals surface area contributed by atoms with Crippen LogP contribution in [0, 0.1) is 6.92 Å². The normalized spacial score (nSPS) is 25.8. The summed E-state index contributed by atoms with van der Waals surface area (Å²) in [5.74, 6) is 0. The largest absolute Gasteiger partial charge is 0.351 e. The number of amides is 2. The van der Waals surface area contributed by atoms with E-state index < -0.39 is 0 Å². The van der Waals surface area contributed by atoms with Gasteiger partial charge in [-0.05, 0) is 55.9 Å². The zero-order valence-electron chi connectivity index (χ0n) is 13.3. The molecule has 4 heteroatoms. The topological polar surface area (TPSA) is 59.2 Å². The van der Waals surface area contributed by atoms with Crippen LogP contribution in [0.15, 0.2) is 42.6 Å². The minimum absolute atomic E-state index is 0.205. The maximum absolute atomic E-state index is 12.0. The zero-order valence-corrected chi connectivity index (χ0v) is 13.3. The maximum Gasteiger partial charge on any atom is 0.315 e. The predicted octanol–water partition coefficient (Wildman–Crippen LogP) is 3.59. The third-order valence-corrected chi connectivity index (χ3v) is 5.54. The van der Waals surface area contributed by atoms with E-state index in [0.29, 0.717) is 6.04 Å². The molecule has 3 fully saturated rings. The van der Waals surface area contributed by atoms with Crippen LogP contribution in [0.3, 0.4) is 0 Å². The Morgan fingerprint density at radius 1 is 1.30 bits per heavy atom. The van der Waals surface area contributed by atoms with Crippen LogP contribution in [0.2, 0.25) is 0 Å². The van der Waals surface area contributed by atoms with E-state index in [4.69, 9.17) is 5.73 Å². The fraction of sp³-hybridized carbons (Fsp3) is 0.368. The predicted molar refractivity (Wildman–Crippen MR) is 89.8 cm³/mol. The standard InChI is InChI=1S/C19H21N3O/c1-13-15(17-9-2-3-11-21-17)7-4-8-16(13)19-10-5-6-14(12-19)22(19)18(20)23/h2-4,7-9,11,14H,5-6,10,12H2,1H3,(H2,20,23). The highest BCUT2D eigenvalue weighted by molar-refractivity contribution is 5.76. The highest BCUT2D eigenvalue weighted by Gasteiger charge is 2.57. The number of carbonyl (C=O) groups is 1.